The molecule has 0 bridgehead atoms. The molecule has 0 radical (unpaired) electrons. The molecule has 1 amide bonds. The fourth-order valence-corrected chi connectivity index (χ4v) is 4.53. The van der Waals surface area contributed by atoms with Crippen LogP contribution in [0.25, 0.3) is 0 Å². The summed E-state index contributed by atoms with van der Waals surface area (Å²) in [6, 6.07) is 10.3. The van der Waals surface area contributed by atoms with Crippen molar-refractivity contribution in [1.82, 2.24) is 4.90 Å². The third-order valence-electron chi connectivity index (χ3n) is 4.69. The molecular formula is C18H19NO2S. The van der Waals surface area contributed by atoms with Gasteiger partial charge in [-0.05, 0) is 41.5 Å². The Kier molecular flexibility index (Phi) is 3.41. The first-order valence-electron chi connectivity index (χ1n) is 7.89. The number of fused-ring (bicyclic) bond motifs is 2. The van der Waals surface area contributed by atoms with Crippen LogP contribution in [-0.4, -0.2) is 23.5 Å². The number of amides is 1. The zero-order valence-corrected chi connectivity index (χ0v) is 13.4. The van der Waals surface area contributed by atoms with Gasteiger partial charge in [0.25, 0.3) is 5.91 Å². The van der Waals surface area contributed by atoms with Crippen molar-refractivity contribution in [3.63, 3.8) is 0 Å². The van der Waals surface area contributed by atoms with Crippen LogP contribution in [0.2, 0.25) is 0 Å². The molecule has 0 aliphatic carbocycles. The van der Waals surface area contributed by atoms with E-state index in [9.17, 15) is 4.79 Å². The maximum Gasteiger partial charge on any atom is 0.264 e. The minimum absolute atomic E-state index is 0.139. The third-order valence-corrected chi connectivity index (χ3v) is 5.68. The Morgan fingerprint density at radius 2 is 2.23 bits per heavy atom. The van der Waals surface area contributed by atoms with Crippen LogP contribution in [0.5, 0.6) is 5.75 Å². The Bertz CT molecular complexity index is 684. The smallest absolute Gasteiger partial charge is 0.264 e. The molecule has 0 N–H and O–H groups in total. The molecule has 0 spiro atoms. The monoisotopic (exact) mass is 313 g/mol. The summed E-state index contributed by atoms with van der Waals surface area (Å²) < 4.78 is 5.90. The van der Waals surface area contributed by atoms with Gasteiger partial charge in [0.1, 0.15) is 5.75 Å². The first kappa shape index (κ1) is 13.8. The molecule has 3 nitrogen and oxygen atoms in total. The number of rotatable bonds is 2. The predicted molar refractivity (Wildman–Crippen MR) is 87.3 cm³/mol. The molecule has 2 aliphatic heterocycles. The van der Waals surface area contributed by atoms with Gasteiger partial charge in [-0.25, -0.2) is 0 Å². The third kappa shape index (κ3) is 2.13. The summed E-state index contributed by atoms with van der Waals surface area (Å²) in [4.78, 5) is 16.4. The van der Waals surface area contributed by atoms with Gasteiger partial charge in [-0.2, -0.15) is 0 Å². The van der Waals surface area contributed by atoms with Gasteiger partial charge in [-0.3, -0.25) is 4.79 Å². The number of ether oxygens (including phenoxy) is 1. The van der Waals surface area contributed by atoms with Crippen LogP contribution < -0.4 is 4.74 Å². The van der Waals surface area contributed by atoms with Crippen molar-refractivity contribution in [2.75, 3.05) is 6.54 Å². The van der Waals surface area contributed by atoms with Crippen LogP contribution in [0.3, 0.4) is 0 Å². The standard InChI is InChI=1S/C18H19NO2S/c1-2-14-13-8-10-22-17(13)7-9-19(14)18(20)16-11-12-5-3-4-6-15(12)21-16/h3-6,8,10,14,16H,2,7,9,11H2,1H3. The quantitative estimate of drug-likeness (QED) is 0.848. The second-order valence-corrected chi connectivity index (χ2v) is 6.92. The number of carbonyl (C=O) groups excluding carboxylic acids is 1. The van der Waals surface area contributed by atoms with Gasteiger partial charge in [0.15, 0.2) is 6.10 Å². The molecule has 0 saturated heterocycles. The molecule has 3 heterocycles. The summed E-state index contributed by atoms with van der Waals surface area (Å²) in [6.07, 6.45) is 2.26. The van der Waals surface area contributed by atoms with E-state index in [1.54, 1.807) is 0 Å². The van der Waals surface area contributed by atoms with E-state index >= 15 is 0 Å². The summed E-state index contributed by atoms with van der Waals surface area (Å²) in [5, 5.41) is 2.14. The van der Waals surface area contributed by atoms with E-state index in [2.05, 4.69) is 18.4 Å². The Morgan fingerprint density at radius 1 is 1.36 bits per heavy atom. The number of thiophene rings is 1. The second kappa shape index (κ2) is 5.43. The van der Waals surface area contributed by atoms with Crippen LogP contribution in [-0.2, 0) is 17.6 Å². The highest BCUT2D eigenvalue weighted by Crippen LogP contribution is 2.37. The van der Waals surface area contributed by atoms with Crippen LogP contribution in [0.4, 0.5) is 0 Å². The number of hydrogen-bond acceptors (Lipinski definition) is 3. The fraction of sp³-hybridized carbons (Fsp3) is 0.389. The minimum Gasteiger partial charge on any atom is -0.480 e. The van der Waals surface area contributed by atoms with Gasteiger partial charge in [-0.1, -0.05) is 25.1 Å². The van der Waals surface area contributed by atoms with E-state index in [1.165, 1.54) is 10.4 Å². The van der Waals surface area contributed by atoms with Gasteiger partial charge in [0, 0.05) is 17.8 Å². The van der Waals surface area contributed by atoms with E-state index in [4.69, 9.17) is 4.74 Å². The maximum atomic E-state index is 13.0. The van der Waals surface area contributed by atoms with Crippen molar-refractivity contribution in [2.24, 2.45) is 0 Å². The molecule has 1 aromatic carbocycles. The predicted octanol–water partition coefficient (Wildman–Crippen LogP) is 3.59. The van der Waals surface area contributed by atoms with E-state index in [-0.39, 0.29) is 18.1 Å². The number of nitrogens with zero attached hydrogens (tertiary/aromatic N) is 1. The molecule has 2 aliphatic rings. The van der Waals surface area contributed by atoms with Crippen LogP contribution >= 0.6 is 11.3 Å². The van der Waals surface area contributed by atoms with E-state index < -0.39 is 0 Å². The molecule has 0 saturated carbocycles. The maximum absolute atomic E-state index is 13.0. The molecule has 1 aromatic heterocycles. The number of benzene rings is 1. The fourth-order valence-electron chi connectivity index (χ4n) is 3.61. The van der Waals surface area contributed by atoms with Crippen molar-refractivity contribution in [3.8, 4) is 5.75 Å². The molecule has 114 valence electrons. The molecule has 2 atom stereocenters. The van der Waals surface area contributed by atoms with Crippen molar-refractivity contribution >= 4 is 17.2 Å². The van der Waals surface area contributed by atoms with E-state index in [1.807, 2.05) is 40.5 Å². The van der Waals surface area contributed by atoms with Gasteiger partial charge in [-0.15, -0.1) is 11.3 Å². The highest BCUT2D eigenvalue weighted by Gasteiger charge is 2.37. The average Bonchev–Trinajstić information content (AvgIpc) is 3.19. The first-order chi connectivity index (χ1) is 10.8. The van der Waals surface area contributed by atoms with Gasteiger partial charge >= 0.3 is 0 Å². The molecule has 4 heteroatoms. The van der Waals surface area contributed by atoms with Gasteiger partial charge in [0.2, 0.25) is 0 Å². The van der Waals surface area contributed by atoms with Gasteiger partial charge < -0.3 is 9.64 Å². The molecule has 4 rings (SSSR count). The molecular weight excluding hydrogens is 294 g/mol. The molecule has 2 unspecified atom stereocenters. The summed E-state index contributed by atoms with van der Waals surface area (Å²) in [6.45, 7) is 2.96. The molecule has 0 fully saturated rings. The highest BCUT2D eigenvalue weighted by atomic mass is 32.1. The minimum atomic E-state index is -0.355. The lowest BCUT2D eigenvalue weighted by Gasteiger charge is -2.36. The largest absolute Gasteiger partial charge is 0.480 e. The average molecular weight is 313 g/mol. The molecule has 2 aromatic rings. The SMILES string of the molecule is CCC1c2ccsc2CCN1C(=O)C1Cc2ccccc2O1. The summed E-state index contributed by atoms with van der Waals surface area (Å²) in [5.74, 6) is 1.00. The van der Waals surface area contributed by atoms with Crippen molar-refractivity contribution in [1.29, 1.82) is 0 Å². The Balaban J connectivity index is 1.57. The zero-order valence-electron chi connectivity index (χ0n) is 12.6. The number of hydrogen-bond donors (Lipinski definition) is 0. The Hall–Kier alpha value is -1.81. The van der Waals surface area contributed by atoms with Crippen molar-refractivity contribution in [3.05, 3.63) is 51.7 Å². The van der Waals surface area contributed by atoms with Crippen LogP contribution in [0.15, 0.2) is 35.7 Å². The second-order valence-electron chi connectivity index (χ2n) is 5.92. The Morgan fingerprint density at radius 3 is 3.05 bits per heavy atom. The zero-order chi connectivity index (χ0) is 15.1. The van der Waals surface area contributed by atoms with Crippen LogP contribution in [0, 0.1) is 0 Å². The number of carbonyl (C=O) groups is 1. The first-order valence-corrected chi connectivity index (χ1v) is 8.77. The molecule has 22 heavy (non-hydrogen) atoms. The summed E-state index contributed by atoms with van der Waals surface area (Å²) in [5.41, 5.74) is 2.48. The Labute approximate surface area is 134 Å². The van der Waals surface area contributed by atoms with E-state index in [0.29, 0.717) is 6.42 Å². The van der Waals surface area contributed by atoms with E-state index in [0.717, 1.165) is 30.7 Å². The summed E-state index contributed by atoms with van der Waals surface area (Å²) in [7, 11) is 0. The summed E-state index contributed by atoms with van der Waals surface area (Å²) >= 11 is 1.81. The highest BCUT2D eigenvalue weighted by molar-refractivity contribution is 7.10. The number of para-hydroxylation sites is 1. The lowest BCUT2D eigenvalue weighted by molar-refractivity contribution is -0.141. The topological polar surface area (TPSA) is 29.5 Å². The van der Waals surface area contributed by atoms with Crippen molar-refractivity contribution < 1.29 is 9.53 Å². The van der Waals surface area contributed by atoms with Crippen molar-refractivity contribution in [2.45, 2.75) is 38.3 Å². The normalized spacial score (nSPS) is 22.9. The lowest BCUT2D eigenvalue weighted by atomic mass is 9.96. The van der Waals surface area contributed by atoms with Crippen LogP contribution in [0.1, 0.15) is 35.4 Å². The lowest BCUT2D eigenvalue weighted by Crippen LogP contribution is -2.46. The van der Waals surface area contributed by atoms with Gasteiger partial charge in [0.05, 0.1) is 6.04 Å².